The molecule has 2 aromatic heterocycles. The third kappa shape index (κ3) is 7.10. The van der Waals surface area contributed by atoms with E-state index < -0.39 is 27.7 Å². The Morgan fingerprint density at radius 1 is 1.15 bits per heavy atom. The van der Waals surface area contributed by atoms with E-state index in [0.717, 1.165) is 37.9 Å². The number of halogens is 3. The van der Waals surface area contributed by atoms with Gasteiger partial charge >= 0.3 is 5.76 Å². The molecule has 1 aliphatic rings. The van der Waals surface area contributed by atoms with Gasteiger partial charge in [-0.1, -0.05) is 18.2 Å². The van der Waals surface area contributed by atoms with Crippen LogP contribution in [-0.4, -0.2) is 54.8 Å². The summed E-state index contributed by atoms with van der Waals surface area (Å²) in [7, 11) is -3.35. The molecule has 0 aliphatic carbocycles. The number of rotatable bonds is 11. The van der Waals surface area contributed by atoms with E-state index in [1.54, 1.807) is 26.4 Å². The molecule has 3 heterocycles. The first-order chi connectivity index (χ1) is 22.0. The van der Waals surface area contributed by atoms with Crippen LogP contribution in [0.4, 0.5) is 30.4 Å². The molecule has 244 valence electrons. The molecule has 4 aromatic rings. The van der Waals surface area contributed by atoms with Crippen LogP contribution >= 0.6 is 0 Å². The summed E-state index contributed by atoms with van der Waals surface area (Å²) >= 11 is 0. The van der Waals surface area contributed by atoms with Gasteiger partial charge < -0.3 is 21.1 Å². The quantitative estimate of drug-likeness (QED) is 0.132. The van der Waals surface area contributed by atoms with E-state index >= 15 is 0 Å². The van der Waals surface area contributed by atoms with Gasteiger partial charge in [-0.25, -0.2) is 17.8 Å². The Bertz CT molecular complexity index is 1810. The van der Waals surface area contributed by atoms with Crippen molar-refractivity contribution >= 4 is 32.9 Å². The van der Waals surface area contributed by atoms with Crippen LogP contribution in [0.15, 0.2) is 61.1 Å². The predicted octanol–water partition coefficient (Wildman–Crippen LogP) is 5.54. The number of nitrogens with zero attached hydrogens (tertiary/aromatic N) is 3. The van der Waals surface area contributed by atoms with Crippen LogP contribution in [0.25, 0.3) is 11.1 Å². The number of aromatic nitrogens is 3. The summed E-state index contributed by atoms with van der Waals surface area (Å²) in [4.78, 5) is 4.36. The van der Waals surface area contributed by atoms with E-state index in [-0.39, 0.29) is 40.1 Å². The number of hydrogen-bond donors (Lipinski definition) is 5. The first-order valence-electron chi connectivity index (χ1n) is 14.6. The molecule has 0 radical (unpaired) electrons. The summed E-state index contributed by atoms with van der Waals surface area (Å²) in [5.41, 5.74) is 8.98. The third-order valence-electron chi connectivity index (χ3n) is 7.84. The lowest BCUT2D eigenvalue weighted by atomic mass is 9.97. The molecule has 0 bridgehead atoms. The highest BCUT2D eigenvalue weighted by Crippen LogP contribution is 2.37. The second kappa shape index (κ2) is 13.8. The first kappa shape index (κ1) is 32.8. The van der Waals surface area contributed by atoms with Crippen LogP contribution in [0.3, 0.4) is 0 Å². The summed E-state index contributed by atoms with van der Waals surface area (Å²) in [5, 5.41) is 20.3. The van der Waals surface area contributed by atoms with Crippen LogP contribution < -0.4 is 25.8 Å². The van der Waals surface area contributed by atoms with Crippen LogP contribution in [0.1, 0.15) is 55.0 Å². The van der Waals surface area contributed by atoms with Gasteiger partial charge in [-0.2, -0.15) is 13.9 Å². The standard InChI is InChI=1S/C31H35F3N8O3S/c1-18(19-5-8-22(32)9-6-19)45-26-14-20(7-10-25(26)41-46(43,44)31(33)34)28(35)27-29(37-2)24(16-39-30(27)36)21-15-40-42(17-21)23-4-3-12-38-13-11-23/h5-10,14-18,23,31,35,38,41H,3-4,11-13H2,1-2H3,(H3,36,37,39)/t18-,23?/m0/s1. The fourth-order valence-corrected chi connectivity index (χ4v) is 5.96. The Morgan fingerprint density at radius 3 is 2.63 bits per heavy atom. The molecule has 46 heavy (non-hydrogen) atoms. The number of nitrogen functional groups attached to an aromatic ring is 1. The molecule has 1 saturated heterocycles. The lowest BCUT2D eigenvalue weighted by Crippen LogP contribution is -2.21. The molecular weight excluding hydrogens is 621 g/mol. The van der Waals surface area contributed by atoms with Crippen molar-refractivity contribution in [1.29, 1.82) is 5.41 Å². The number of nitrogens with two attached hydrogens (primary N) is 1. The molecule has 0 saturated carbocycles. The van der Waals surface area contributed by atoms with Crippen LogP contribution in [0, 0.1) is 11.2 Å². The Morgan fingerprint density at radius 2 is 1.91 bits per heavy atom. The van der Waals surface area contributed by atoms with Gasteiger partial charge in [0.25, 0.3) is 10.0 Å². The van der Waals surface area contributed by atoms with Gasteiger partial charge in [0.05, 0.1) is 34.9 Å². The highest BCUT2D eigenvalue weighted by atomic mass is 32.2. The number of nitrogens with one attached hydrogen (secondary N) is 4. The van der Waals surface area contributed by atoms with Crippen molar-refractivity contribution in [3.8, 4) is 16.9 Å². The minimum atomic E-state index is -5.05. The maximum Gasteiger partial charge on any atom is 0.355 e. The monoisotopic (exact) mass is 656 g/mol. The molecule has 0 spiro atoms. The van der Waals surface area contributed by atoms with E-state index in [1.165, 1.54) is 42.5 Å². The van der Waals surface area contributed by atoms with Crippen molar-refractivity contribution in [3.05, 3.63) is 83.6 Å². The number of hydrogen-bond acceptors (Lipinski definition) is 9. The molecular formula is C31H35F3N8O3S. The topological polar surface area (TPSA) is 160 Å². The van der Waals surface area contributed by atoms with Crippen molar-refractivity contribution < 1.29 is 26.3 Å². The third-order valence-corrected chi connectivity index (χ3v) is 8.81. The number of anilines is 3. The fourth-order valence-electron chi connectivity index (χ4n) is 5.39. The molecule has 6 N–H and O–H groups in total. The minimum Gasteiger partial charge on any atom is -0.484 e. The lowest BCUT2D eigenvalue weighted by molar-refractivity contribution is 0.227. The Balaban J connectivity index is 1.52. The molecule has 11 nitrogen and oxygen atoms in total. The normalized spacial score (nSPS) is 16.1. The second-order valence-electron chi connectivity index (χ2n) is 10.9. The van der Waals surface area contributed by atoms with E-state index in [4.69, 9.17) is 15.9 Å². The highest BCUT2D eigenvalue weighted by molar-refractivity contribution is 7.93. The summed E-state index contributed by atoms with van der Waals surface area (Å²) in [5.74, 6) is -4.22. The summed E-state index contributed by atoms with van der Waals surface area (Å²) in [6.07, 6.45) is 7.54. The molecule has 15 heteroatoms. The zero-order valence-electron chi connectivity index (χ0n) is 25.2. The second-order valence-corrected chi connectivity index (χ2v) is 12.6. The van der Waals surface area contributed by atoms with Crippen LogP contribution in [-0.2, 0) is 10.0 Å². The van der Waals surface area contributed by atoms with Gasteiger partial charge in [0.15, 0.2) is 0 Å². The zero-order chi connectivity index (χ0) is 33.0. The average Bonchev–Trinajstić information content (AvgIpc) is 3.36. The maximum absolute atomic E-state index is 13.5. The molecule has 2 atom stereocenters. The molecule has 0 amide bonds. The number of sulfonamides is 1. The summed E-state index contributed by atoms with van der Waals surface area (Å²) < 4.78 is 74.0. The highest BCUT2D eigenvalue weighted by Gasteiger charge is 2.27. The Kier molecular flexibility index (Phi) is 9.82. The Labute approximate surface area is 264 Å². The van der Waals surface area contributed by atoms with Gasteiger partial charge in [-0.05, 0) is 69.1 Å². The number of pyridine rings is 1. The van der Waals surface area contributed by atoms with E-state index in [1.807, 2.05) is 15.6 Å². The number of alkyl halides is 2. The fraction of sp³-hybridized carbons (Fsp3) is 0.323. The van der Waals surface area contributed by atoms with Gasteiger partial charge in [-0.15, -0.1) is 0 Å². The first-order valence-corrected chi connectivity index (χ1v) is 16.2. The Hall–Kier alpha value is -4.63. The van der Waals surface area contributed by atoms with E-state index in [0.29, 0.717) is 16.8 Å². The average molecular weight is 657 g/mol. The van der Waals surface area contributed by atoms with Crippen molar-refractivity contribution in [2.24, 2.45) is 0 Å². The van der Waals surface area contributed by atoms with Gasteiger partial charge in [0, 0.05) is 36.1 Å². The number of ether oxygens (including phenoxy) is 1. The van der Waals surface area contributed by atoms with E-state index in [2.05, 4.69) is 20.7 Å². The van der Waals surface area contributed by atoms with Crippen LogP contribution in [0.2, 0.25) is 0 Å². The molecule has 5 rings (SSSR count). The molecule has 1 aliphatic heterocycles. The van der Waals surface area contributed by atoms with Gasteiger partial charge in [-0.3, -0.25) is 14.8 Å². The smallest absolute Gasteiger partial charge is 0.355 e. The van der Waals surface area contributed by atoms with Crippen molar-refractivity contribution in [2.75, 3.05) is 35.9 Å². The number of benzene rings is 2. The largest absolute Gasteiger partial charge is 0.484 e. The summed E-state index contributed by atoms with van der Waals surface area (Å²) in [6.45, 7) is 3.51. The van der Waals surface area contributed by atoms with Crippen molar-refractivity contribution in [3.63, 3.8) is 0 Å². The summed E-state index contributed by atoms with van der Waals surface area (Å²) in [6, 6.07) is 9.68. The zero-order valence-corrected chi connectivity index (χ0v) is 26.0. The molecule has 1 fully saturated rings. The minimum absolute atomic E-state index is 0.0602. The SMILES string of the molecule is CNc1c(-c2cnn(C3CCCNCC3)c2)cnc(N)c1C(=N)c1ccc(NS(=O)(=O)C(F)F)c(O[C@@H](C)c2ccc(F)cc2)c1. The molecule has 1 unspecified atom stereocenters. The van der Waals surface area contributed by atoms with E-state index in [9.17, 15) is 21.6 Å². The van der Waals surface area contributed by atoms with Crippen molar-refractivity contribution in [1.82, 2.24) is 20.1 Å². The van der Waals surface area contributed by atoms with Gasteiger partial charge in [0.2, 0.25) is 0 Å². The maximum atomic E-state index is 13.5. The predicted molar refractivity (Wildman–Crippen MR) is 172 cm³/mol. The molecule has 2 aromatic carbocycles. The van der Waals surface area contributed by atoms with Crippen molar-refractivity contribution in [2.45, 2.75) is 44.1 Å². The van der Waals surface area contributed by atoms with Crippen LogP contribution in [0.5, 0.6) is 5.75 Å². The van der Waals surface area contributed by atoms with Gasteiger partial charge in [0.1, 0.15) is 23.5 Å². The lowest BCUT2D eigenvalue weighted by Gasteiger charge is -2.21.